The summed E-state index contributed by atoms with van der Waals surface area (Å²) in [7, 11) is 0. The van der Waals surface area contributed by atoms with E-state index in [4.69, 9.17) is 9.47 Å². The number of hydrogen-bond donors (Lipinski definition) is 2. The Labute approximate surface area is 220 Å². The Bertz CT molecular complexity index is 1280. The summed E-state index contributed by atoms with van der Waals surface area (Å²) in [5, 5.41) is 7.24. The Kier molecular flexibility index (Phi) is 9.57. The van der Waals surface area contributed by atoms with Crippen LogP contribution in [0, 0.1) is 13.8 Å². The van der Waals surface area contributed by atoms with Crippen molar-refractivity contribution in [1.82, 2.24) is 5.43 Å². The number of ether oxygens (including phenoxy) is 2. The van der Waals surface area contributed by atoms with Crippen molar-refractivity contribution in [2.45, 2.75) is 47.1 Å². The molecule has 1 atom stereocenters. The number of esters is 1. The Hall–Kier alpha value is -3.98. The van der Waals surface area contributed by atoms with Gasteiger partial charge in [0.2, 0.25) is 0 Å². The van der Waals surface area contributed by atoms with Gasteiger partial charge in [0.15, 0.2) is 6.10 Å². The van der Waals surface area contributed by atoms with Crippen molar-refractivity contribution in [1.29, 1.82) is 0 Å². The predicted octanol–water partition coefficient (Wildman–Crippen LogP) is 5.27. The van der Waals surface area contributed by atoms with E-state index in [-0.39, 0.29) is 12.5 Å². The van der Waals surface area contributed by atoms with E-state index in [1.807, 2.05) is 38.1 Å². The maximum Gasteiger partial charge on any atom is 0.341 e. The minimum atomic E-state index is -0.802. The van der Waals surface area contributed by atoms with Crippen molar-refractivity contribution in [2.24, 2.45) is 5.10 Å². The van der Waals surface area contributed by atoms with E-state index in [0.717, 1.165) is 22.4 Å². The fraction of sp³-hybridized carbons (Fsp3) is 0.286. The summed E-state index contributed by atoms with van der Waals surface area (Å²) < 4.78 is 10.8. The summed E-state index contributed by atoms with van der Waals surface area (Å²) in [6, 6.07) is 14.3. The van der Waals surface area contributed by atoms with Crippen molar-refractivity contribution in [3.8, 4) is 5.75 Å². The number of benzene rings is 2. The van der Waals surface area contributed by atoms with Crippen LogP contribution in [0.2, 0.25) is 0 Å². The number of thiophene rings is 1. The molecule has 1 heterocycles. The molecule has 0 bridgehead atoms. The van der Waals surface area contributed by atoms with E-state index in [2.05, 4.69) is 22.8 Å². The van der Waals surface area contributed by atoms with Crippen LogP contribution in [0.5, 0.6) is 5.75 Å². The minimum absolute atomic E-state index is 0.248. The van der Waals surface area contributed by atoms with Gasteiger partial charge in [-0.25, -0.2) is 10.2 Å². The lowest BCUT2D eigenvalue weighted by Gasteiger charge is -2.13. The third-order valence-electron chi connectivity index (χ3n) is 5.67. The number of hydrogen-bond acceptors (Lipinski definition) is 7. The molecule has 0 fully saturated rings. The van der Waals surface area contributed by atoms with Crippen LogP contribution >= 0.6 is 11.3 Å². The molecular weight excluding hydrogens is 490 g/mol. The van der Waals surface area contributed by atoms with Gasteiger partial charge in [0.05, 0.1) is 18.4 Å². The van der Waals surface area contributed by atoms with Crippen molar-refractivity contribution in [3.63, 3.8) is 0 Å². The summed E-state index contributed by atoms with van der Waals surface area (Å²) in [6.45, 7) is 9.39. The van der Waals surface area contributed by atoms with Gasteiger partial charge in [-0.05, 0) is 75.1 Å². The molecular formula is C28H31N3O5S. The molecule has 37 heavy (non-hydrogen) atoms. The maximum atomic E-state index is 12.8. The van der Waals surface area contributed by atoms with Gasteiger partial charge in [-0.3, -0.25) is 9.59 Å². The maximum absolute atomic E-state index is 12.8. The molecule has 0 saturated carbocycles. The number of carbonyl (C=O) groups excluding carboxylic acids is 3. The molecule has 0 radical (unpaired) electrons. The second kappa shape index (κ2) is 12.8. The third kappa shape index (κ3) is 7.27. The van der Waals surface area contributed by atoms with Crippen LogP contribution in [0.15, 0.2) is 53.6 Å². The van der Waals surface area contributed by atoms with Crippen LogP contribution in [0.1, 0.15) is 63.1 Å². The standard InChI is InChI=1S/C28H31N3O5S/c1-6-20-8-10-21(11-9-20)16-29-31-25(32)18(4)36-23-14-12-22(13-15-23)26(33)30-27-24(28(34)35-7-2)17(3)19(5)37-27/h8-16,18H,6-7H2,1-5H3,(H,30,33)(H,31,32)/b29-16-/t18-/m0/s1. The number of nitrogens with one attached hydrogen (secondary N) is 2. The first-order valence-corrected chi connectivity index (χ1v) is 12.8. The molecule has 194 valence electrons. The normalized spacial score (nSPS) is 11.7. The summed E-state index contributed by atoms with van der Waals surface area (Å²) in [4.78, 5) is 38.4. The zero-order valence-corrected chi connectivity index (χ0v) is 22.4. The molecule has 0 saturated heterocycles. The largest absolute Gasteiger partial charge is 0.481 e. The number of nitrogens with zero attached hydrogens (tertiary/aromatic N) is 1. The molecule has 2 aromatic carbocycles. The highest BCUT2D eigenvalue weighted by Gasteiger charge is 2.22. The average Bonchev–Trinajstić information content (AvgIpc) is 3.17. The van der Waals surface area contributed by atoms with E-state index in [9.17, 15) is 14.4 Å². The van der Waals surface area contributed by atoms with Crippen molar-refractivity contribution in [2.75, 3.05) is 11.9 Å². The minimum Gasteiger partial charge on any atom is -0.481 e. The van der Waals surface area contributed by atoms with Gasteiger partial charge in [-0.2, -0.15) is 5.10 Å². The van der Waals surface area contributed by atoms with Crippen LogP contribution in [0.4, 0.5) is 5.00 Å². The molecule has 0 aliphatic carbocycles. The first kappa shape index (κ1) is 27.6. The van der Waals surface area contributed by atoms with E-state index < -0.39 is 18.0 Å². The van der Waals surface area contributed by atoms with Gasteiger partial charge in [-0.1, -0.05) is 31.2 Å². The average molecular weight is 522 g/mol. The zero-order valence-electron chi connectivity index (χ0n) is 21.6. The number of amides is 2. The highest BCUT2D eigenvalue weighted by atomic mass is 32.1. The van der Waals surface area contributed by atoms with Crippen molar-refractivity contribution < 1.29 is 23.9 Å². The molecule has 0 unspecified atom stereocenters. The molecule has 9 heteroatoms. The van der Waals surface area contributed by atoms with Crippen molar-refractivity contribution >= 4 is 40.3 Å². The zero-order chi connectivity index (χ0) is 26.9. The first-order chi connectivity index (χ1) is 17.7. The second-order valence-corrected chi connectivity index (χ2v) is 9.50. The van der Waals surface area contributed by atoms with Crippen LogP contribution in [0.25, 0.3) is 0 Å². The molecule has 3 aromatic rings. The fourth-order valence-corrected chi connectivity index (χ4v) is 4.43. The smallest absolute Gasteiger partial charge is 0.341 e. The van der Waals surface area contributed by atoms with Crippen LogP contribution in [-0.4, -0.2) is 36.7 Å². The molecule has 0 spiro atoms. The lowest BCUT2D eigenvalue weighted by atomic mass is 10.1. The Morgan fingerprint density at radius 2 is 1.70 bits per heavy atom. The highest BCUT2D eigenvalue weighted by molar-refractivity contribution is 7.16. The number of carbonyl (C=O) groups is 3. The van der Waals surface area contributed by atoms with Gasteiger partial charge < -0.3 is 14.8 Å². The molecule has 1 aromatic heterocycles. The van der Waals surface area contributed by atoms with E-state index >= 15 is 0 Å². The van der Waals surface area contributed by atoms with Crippen LogP contribution in [0.3, 0.4) is 0 Å². The summed E-state index contributed by atoms with van der Waals surface area (Å²) in [5.41, 5.74) is 6.11. The topological polar surface area (TPSA) is 106 Å². The van der Waals surface area contributed by atoms with E-state index in [1.54, 1.807) is 44.3 Å². The van der Waals surface area contributed by atoms with Crippen LogP contribution in [-0.2, 0) is 16.0 Å². The van der Waals surface area contributed by atoms with Gasteiger partial charge >= 0.3 is 5.97 Å². The van der Waals surface area contributed by atoms with Gasteiger partial charge in [-0.15, -0.1) is 11.3 Å². The number of hydrazone groups is 1. The molecule has 0 aliphatic rings. The Morgan fingerprint density at radius 3 is 2.32 bits per heavy atom. The van der Waals surface area contributed by atoms with E-state index in [0.29, 0.717) is 21.9 Å². The van der Waals surface area contributed by atoms with Gasteiger partial charge in [0.1, 0.15) is 10.8 Å². The Morgan fingerprint density at radius 1 is 1.03 bits per heavy atom. The number of aryl methyl sites for hydroxylation is 2. The molecule has 3 rings (SSSR count). The number of rotatable bonds is 10. The lowest BCUT2D eigenvalue weighted by molar-refractivity contribution is -0.127. The highest BCUT2D eigenvalue weighted by Crippen LogP contribution is 2.33. The fourth-order valence-electron chi connectivity index (χ4n) is 3.38. The molecule has 8 nitrogen and oxygen atoms in total. The monoisotopic (exact) mass is 521 g/mol. The summed E-state index contributed by atoms with van der Waals surface area (Å²) >= 11 is 1.33. The van der Waals surface area contributed by atoms with Gasteiger partial charge in [0.25, 0.3) is 11.8 Å². The number of anilines is 1. The lowest BCUT2D eigenvalue weighted by Crippen LogP contribution is -2.33. The summed E-state index contributed by atoms with van der Waals surface area (Å²) in [5.74, 6) is -0.814. The summed E-state index contributed by atoms with van der Waals surface area (Å²) in [6.07, 6.45) is 1.73. The van der Waals surface area contributed by atoms with Crippen LogP contribution < -0.4 is 15.5 Å². The first-order valence-electron chi connectivity index (χ1n) is 12.0. The molecule has 2 amide bonds. The second-order valence-electron chi connectivity index (χ2n) is 8.28. The quantitative estimate of drug-likeness (QED) is 0.215. The van der Waals surface area contributed by atoms with Gasteiger partial charge in [0, 0.05) is 10.4 Å². The molecule has 0 aliphatic heterocycles. The SMILES string of the molecule is CCOC(=O)c1c(NC(=O)c2ccc(O[C@@H](C)C(=O)N/N=C\c3ccc(CC)cc3)cc2)sc(C)c1C. The van der Waals surface area contributed by atoms with Crippen molar-refractivity contribution in [3.05, 3.63) is 81.2 Å². The Balaban J connectivity index is 1.57. The van der Waals surface area contributed by atoms with E-state index in [1.165, 1.54) is 16.9 Å². The third-order valence-corrected chi connectivity index (χ3v) is 6.79. The molecule has 2 N–H and O–H groups in total. The predicted molar refractivity (Wildman–Crippen MR) is 146 cm³/mol.